The lowest BCUT2D eigenvalue weighted by atomic mass is 9.77. The van der Waals surface area contributed by atoms with E-state index in [1.54, 1.807) is 0 Å². The van der Waals surface area contributed by atoms with Crippen molar-refractivity contribution >= 4 is 44.9 Å². The second kappa shape index (κ2) is 4.52. The molecule has 1 saturated heterocycles. The molecule has 0 atom stereocenters. The molecule has 3 heteroatoms. The van der Waals surface area contributed by atoms with E-state index in [4.69, 9.17) is 9.31 Å². The Morgan fingerprint density at radius 3 is 1.92 bits per heavy atom. The van der Waals surface area contributed by atoms with E-state index in [0.717, 1.165) is 5.46 Å². The molecule has 1 heterocycles. The zero-order valence-corrected chi connectivity index (χ0v) is 13.8. The first-order chi connectivity index (χ1) is 11.5. The van der Waals surface area contributed by atoms with E-state index >= 15 is 0 Å². The second-order valence-corrected chi connectivity index (χ2v) is 7.05. The third kappa shape index (κ3) is 1.82. The standard InChI is InChI=1S/C21H17BO2/c1-13-21(2,3)24-22(23-13)18-11-16-9-7-14-5-4-6-15-8-10-17(12-18)20(16)19(14)15/h4-12H,1H2,2-3H3. The van der Waals surface area contributed by atoms with Gasteiger partial charge in [-0.15, -0.1) is 0 Å². The average Bonchev–Trinajstić information content (AvgIpc) is 2.86. The highest BCUT2D eigenvalue weighted by atomic mass is 16.7. The molecule has 4 aromatic rings. The number of hydrogen-bond acceptors (Lipinski definition) is 2. The molecule has 2 nitrogen and oxygen atoms in total. The summed E-state index contributed by atoms with van der Waals surface area (Å²) < 4.78 is 11.9. The van der Waals surface area contributed by atoms with Crippen LogP contribution in [0.1, 0.15) is 13.8 Å². The van der Waals surface area contributed by atoms with Gasteiger partial charge >= 0.3 is 7.12 Å². The molecule has 1 fully saturated rings. The minimum Gasteiger partial charge on any atom is -0.534 e. The maximum atomic E-state index is 6.05. The number of hydrogen-bond donors (Lipinski definition) is 0. The Morgan fingerprint density at radius 2 is 1.38 bits per heavy atom. The summed E-state index contributed by atoms with van der Waals surface area (Å²) in [7, 11) is -0.394. The predicted molar refractivity (Wildman–Crippen MR) is 101 cm³/mol. The molecule has 1 aliphatic heterocycles. The van der Waals surface area contributed by atoms with E-state index in [-0.39, 0.29) is 0 Å². The highest BCUT2D eigenvalue weighted by molar-refractivity contribution is 6.63. The molecule has 0 bridgehead atoms. The Balaban J connectivity index is 1.77. The average molecular weight is 312 g/mol. The maximum Gasteiger partial charge on any atom is 0.563 e. The fourth-order valence-corrected chi connectivity index (χ4v) is 3.68. The van der Waals surface area contributed by atoms with Gasteiger partial charge < -0.3 is 9.31 Å². The molecule has 1 aliphatic rings. The van der Waals surface area contributed by atoms with Crippen LogP contribution in [-0.2, 0) is 9.31 Å². The molecule has 0 unspecified atom stereocenters. The summed E-state index contributed by atoms with van der Waals surface area (Å²) >= 11 is 0. The van der Waals surface area contributed by atoms with Gasteiger partial charge in [0.1, 0.15) is 5.60 Å². The number of benzene rings is 4. The molecule has 0 amide bonds. The first-order valence-corrected chi connectivity index (χ1v) is 8.24. The van der Waals surface area contributed by atoms with Crippen molar-refractivity contribution in [2.45, 2.75) is 19.4 Å². The third-order valence-corrected chi connectivity index (χ3v) is 5.08. The van der Waals surface area contributed by atoms with Crippen LogP contribution >= 0.6 is 0 Å². The van der Waals surface area contributed by atoms with Crippen LogP contribution in [0.4, 0.5) is 0 Å². The molecular weight excluding hydrogens is 295 g/mol. The van der Waals surface area contributed by atoms with E-state index in [9.17, 15) is 0 Å². The molecule has 0 spiro atoms. The highest BCUT2D eigenvalue weighted by Crippen LogP contribution is 2.35. The Labute approximate surface area is 141 Å². The van der Waals surface area contributed by atoms with Crippen LogP contribution in [0.25, 0.3) is 32.3 Å². The zero-order valence-electron chi connectivity index (χ0n) is 13.8. The van der Waals surface area contributed by atoms with Gasteiger partial charge in [-0.1, -0.05) is 61.2 Å². The van der Waals surface area contributed by atoms with Gasteiger partial charge in [-0.05, 0) is 51.6 Å². The smallest absolute Gasteiger partial charge is 0.534 e. The Bertz CT molecular complexity index is 1050. The summed E-state index contributed by atoms with van der Waals surface area (Å²) in [6, 6.07) is 19.5. The lowest BCUT2D eigenvalue weighted by Gasteiger charge is -2.16. The second-order valence-electron chi connectivity index (χ2n) is 7.05. The van der Waals surface area contributed by atoms with Gasteiger partial charge in [0.15, 0.2) is 0 Å². The molecule has 116 valence electrons. The van der Waals surface area contributed by atoms with Gasteiger partial charge in [-0.25, -0.2) is 0 Å². The van der Waals surface area contributed by atoms with Gasteiger partial charge in [-0.2, -0.15) is 0 Å². The van der Waals surface area contributed by atoms with E-state index in [2.05, 4.69) is 61.2 Å². The topological polar surface area (TPSA) is 18.5 Å². The fraction of sp³-hybridized carbons (Fsp3) is 0.143. The van der Waals surface area contributed by atoms with E-state index in [1.165, 1.54) is 32.3 Å². The monoisotopic (exact) mass is 312 g/mol. The summed E-state index contributed by atoms with van der Waals surface area (Å²) in [5, 5.41) is 7.63. The van der Waals surface area contributed by atoms with Gasteiger partial charge in [0, 0.05) is 0 Å². The van der Waals surface area contributed by atoms with Crippen molar-refractivity contribution in [3.05, 3.63) is 66.9 Å². The summed E-state index contributed by atoms with van der Waals surface area (Å²) in [4.78, 5) is 0. The summed E-state index contributed by atoms with van der Waals surface area (Å²) in [6.07, 6.45) is 0. The van der Waals surface area contributed by atoms with Crippen LogP contribution in [0.5, 0.6) is 0 Å². The zero-order chi connectivity index (χ0) is 16.5. The maximum absolute atomic E-state index is 6.05. The van der Waals surface area contributed by atoms with Crippen LogP contribution in [0.15, 0.2) is 66.9 Å². The molecule has 0 radical (unpaired) electrons. The Hall–Kier alpha value is -2.52. The largest absolute Gasteiger partial charge is 0.563 e. The van der Waals surface area contributed by atoms with Crippen LogP contribution < -0.4 is 5.46 Å². The Kier molecular flexibility index (Phi) is 2.61. The quantitative estimate of drug-likeness (QED) is 0.377. The van der Waals surface area contributed by atoms with Crippen molar-refractivity contribution in [2.75, 3.05) is 0 Å². The summed E-state index contributed by atoms with van der Waals surface area (Å²) in [6.45, 7) is 7.95. The van der Waals surface area contributed by atoms with E-state index in [0.29, 0.717) is 5.76 Å². The number of rotatable bonds is 1. The highest BCUT2D eigenvalue weighted by Gasteiger charge is 2.42. The van der Waals surface area contributed by atoms with Crippen molar-refractivity contribution in [3.8, 4) is 0 Å². The molecule has 0 N–H and O–H groups in total. The van der Waals surface area contributed by atoms with E-state index < -0.39 is 12.7 Å². The van der Waals surface area contributed by atoms with Gasteiger partial charge in [0.2, 0.25) is 0 Å². The van der Waals surface area contributed by atoms with Crippen LogP contribution in [0, 0.1) is 0 Å². The molecule has 0 aromatic heterocycles. The van der Waals surface area contributed by atoms with Crippen LogP contribution in [0.3, 0.4) is 0 Å². The van der Waals surface area contributed by atoms with Crippen LogP contribution in [0.2, 0.25) is 0 Å². The minimum absolute atomic E-state index is 0.394. The Morgan fingerprint density at radius 1 is 0.833 bits per heavy atom. The molecular formula is C21H17BO2. The minimum atomic E-state index is -0.455. The summed E-state index contributed by atoms with van der Waals surface area (Å²) in [5.41, 5.74) is 0.580. The SMILES string of the molecule is C=C1OB(c2cc3ccc4cccc5ccc(c2)c3c45)OC1(C)C. The predicted octanol–water partition coefficient (Wildman–Crippen LogP) is 4.62. The normalized spacial score (nSPS) is 17.2. The van der Waals surface area contributed by atoms with Gasteiger partial charge in [-0.3, -0.25) is 0 Å². The summed E-state index contributed by atoms with van der Waals surface area (Å²) in [5.74, 6) is 0.678. The fourth-order valence-electron chi connectivity index (χ4n) is 3.68. The lowest BCUT2D eigenvalue weighted by molar-refractivity contribution is 0.173. The van der Waals surface area contributed by atoms with Crippen molar-refractivity contribution in [1.29, 1.82) is 0 Å². The molecule has 24 heavy (non-hydrogen) atoms. The van der Waals surface area contributed by atoms with Crippen LogP contribution in [-0.4, -0.2) is 12.7 Å². The first-order valence-electron chi connectivity index (χ1n) is 8.24. The van der Waals surface area contributed by atoms with Crippen molar-refractivity contribution in [3.63, 3.8) is 0 Å². The molecule has 0 saturated carbocycles. The molecule has 0 aliphatic carbocycles. The lowest BCUT2D eigenvalue weighted by Crippen LogP contribution is -2.34. The van der Waals surface area contributed by atoms with Crippen molar-refractivity contribution in [1.82, 2.24) is 0 Å². The third-order valence-electron chi connectivity index (χ3n) is 5.08. The van der Waals surface area contributed by atoms with Crippen molar-refractivity contribution < 1.29 is 9.31 Å². The van der Waals surface area contributed by atoms with E-state index in [1.807, 2.05) is 13.8 Å². The molecule has 4 aromatic carbocycles. The van der Waals surface area contributed by atoms with Crippen molar-refractivity contribution in [2.24, 2.45) is 0 Å². The molecule has 5 rings (SSSR count). The first kappa shape index (κ1) is 13.9. The van der Waals surface area contributed by atoms with Gasteiger partial charge in [0.05, 0.1) is 5.76 Å². The van der Waals surface area contributed by atoms with Gasteiger partial charge in [0.25, 0.3) is 0 Å².